The van der Waals surface area contributed by atoms with E-state index < -0.39 is 0 Å². The zero-order valence-electron chi connectivity index (χ0n) is 12.8. The summed E-state index contributed by atoms with van der Waals surface area (Å²) in [6, 6.07) is 0. The molecule has 0 aromatic carbocycles. The molecular formula is C14H26N4O2S. The number of aromatic nitrogens is 1. The van der Waals surface area contributed by atoms with Gasteiger partial charge in [-0.25, -0.2) is 4.98 Å². The fourth-order valence-corrected chi connectivity index (χ4v) is 2.54. The molecule has 1 heterocycles. The van der Waals surface area contributed by atoms with Gasteiger partial charge in [0.1, 0.15) is 10.7 Å². The molecule has 21 heavy (non-hydrogen) atoms. The number of nitrogens with one attached hydrogen (secondary N) is 2. The Labute approximate surface area is 130 Å². The summed E-state index contributed by atoms with van der Waals surface area (Å²) in [4.78, 5) is 16.7. The molecule has 0 aliphatic heterocycles. The van der Waals surface area contributed by atoms with Crippen LogP contribution in [0.15, 0.2) is 0 Å². The van der Waals surface area contributed by atoms with E-state index in [1.54, 1.807) is 0 Å². The van der Waals surface area contributed by atoms with Crippen LogP contribution < -0.4 is 16.4 Å². The van der Waals surface area contributed by atoms with Crippen LogP contribution >= 0.6 is 11.3 Å². The summed E-state index contributed by atoms with van der Waals surface area (Å²) in [7, 11) is 0. The molecule has 1 aromatic rings. The molecule has 0 saturated carbocycles. The van der Waals surface area contributed by atoms with Crippen molar-refractivity contribution in [1.29, 1.82) is 0 Å². The Morgan fingerprint density at radius 2 is 2.05 bits per heavy atom. The van der Waals surface area contributed by atoms with Crippen LogP contribution in [0.3, 0.4) is 0 Å². The van der Waals surface area contributed by atoms with Crippen molar-refractivity contribution < 1.29 is 9.90 Å². The average molecular weight is 314 g/mol. The molecule has 7 heteroatoms. The summed E-state index contributed by atoms with van der Waals surface area (Å²) in [5.74, 6) is 0.625. The molecule has 5 N–H and O–H groups in total. The maximum absolute atomic E-state index is 12.0. The normalized spacial score (nSPS) is 10.9. The van der Waals surface area contributed by atoms with Crippen molar-refractivity contribution in [2.75, 3.05) is 30.7 Å². The number of hydrogen-bond acceptors (Lipinski definition) is 6. The van der Waals surface area contributed by atoms with Crippen molar-refractivity contribution >= 4 is 28.2 Å². The molecule has 1 rings (SSSR count). The number of nitrogen functional groups attached to an aromatic ring is 1. The maximum Gasteiger partial charge on any atom is 0.265 e. The highest BCUT2D eigenvalue weighted by Gasteiger charge is 2.15. The van der Waals surface area contributed by atoms with Crippen LogP contribution in [0, 0.1) is 5.92 Å². The highest BCUT2D eigenvalue weighted by Crippen LogP contribution is 2.24. The Hall–Kier alpha value is -1.34. The minimum atomic E-state index is -0.162. The summed E-state index contributed by atoms with van der Waals surface area (Å²) >= 11 is 1.29. The molecule has 0 atom stereocenters. The second-order valence-corrected chi connectivity index (χ2v) is 6.40. The van der Waals surface area contributed by atoms with Crippen molar-refractivity contribution in [2.45, 2.75) is 39.5 Å². The number of rotatable bonds is 10. The van der Waals surface area contributed by atoms with Gasteiger partial charge in [0.05, 0.1) is 0 Å². The second kappa shape index (κ2) is 9.57. The highest BCUT2D eigenvalue weighted by atomic mass is 32.1. The minimum Gasteiger partial charge on any atom is -0.396 e. The molecule has 120 valence electrons. The van der Waals surface area contributed by atoms with Gasteiger partial charge in [0, 0.05) is 19.7 Å². The fourth-order valence-electron chi connectivity index (χ4n) is 1.73. The SMILES string of the molecule is CC(C)CNc1nc(N)c(C(=O)NCCCCCCO)s1. The number of nitrogens with two attached hydrogens (primary N) is 1. The summed E-state index contributed by atoms with van der Waals surface area (Å²) in [6.07, 6.45) is 3.71. The van der Waals surface area contributed by atoms with Crippen molar-refractivity contribution in [2.24, 2.45) is 5.92 Å². The summed E-state index contributed by atoms with van der Waals surface area (Å²) in [5.41, 5.74) is 5.79. The van der Waals surface area contributed by atoms with E-state index in [1.807, 2.05) is 0 Å². The minimum absolute atomic E-state index is 0.162. The molecule has 0 spiro atoms. The van der Waals surface area contributed by atoms with Crippen LogP contribution in [0.5, 0.6) is 0 Å². The monoisotopic (exact) mass is 314 g/mol. The number of nitrogens with zero attached hydrogens (tertiary/aromatic N) is 1. The van der Waals surface area contributed by atoms with Gasteiger partial charge in [-0.2, -0.15) is 0 Å². The van der Waals surface area contributed by atoms with Crippen molar-refractivity contribution in [3.05, 3.63) is 4.88 Å². The van der Waals surface area contributed by atoms with E-state index in [2.05, 4.69) is 29.5 Å². The first kappa shape index (κ1) is 17.7. The average Bonchev–Trinajstić information content (AvgIpc) is 2.81. The number of hydrogen-bond donors (Lipinski definition) is 4. The number of anilines is 2. The third-order valence-electron chi connectivity index (χ3n) is 2.89. The molecule has 0 bridgehead atoms. The van der Waals surface area contributed by atoms with Crippen LogP contribution in [0.25, 0.3) is 0 Å². The highest BCUT2D eigenvalue weighted by molar-refractivity contribution is 7.18. The molecule has 0 saturated heterocycles. The number of aliphatic hydroxyl groups excluding tert-OH is 1. The van der Waals surface area contributed by atoms with Gasteiger partial charge in [-0.15, -0.1) is 0 Å². The lowest BCUT2D eigenvalue weighted by atomic mass is 10.2. The van der Waals surface area contributed by atoms with E-state index in [-0.39, 0.29) is 18.3 Å². The molecule has 1 aromatic heterocycles. The van der Waals surface area contributed by atoms with Crippen molar-refractivity contribution in [1.82, 2.24) is 10.3 Å². The maximum atomic E-state index is 12.0. The first-order chi connectivity index (χ1) is 10.0. The zero-order chi connectivity index (χ0) is 15.7. The van der Waals surface area contributed by atoms with Crippen LogP contribution in [0.1, 0.15) is 49.2 Å². The predicted molar refractivity (Wildman–Crippen MR) is 87.7 cm³/mol. The zero-order valence-corrected chi connectivity index (χ0v) is 13.6. The number of amides is 1. The van der Waals surface area contributed by atoms with Gasteiger partial charge >= 0.3 is 0 Å². The van der Waals surface area contributed by atoms with Crippen LogP contribution in [-0.4, -0.2) is 35.7 Å². The number of carbonyl (C=O) groups is 1. The molecule has 0 aliphatic carbocycles. The van der Waals surface area contributed by atoms with Gasteiger partial charge in [0.2, 0.25) is 0 Å². The van der Waals surface area contributed by atoms with Crippen LogP contribution in [0.4, 0.5) is 10.9 Å². The lowest BCUT2D eigenvalue weighted by Gasteiger charge is -2.04. The van der Waals surface area contributed by atoms with Gasteiger partial charge in [-0.05, 0) is 18.8 Å². The number of aliphatic hydroxyl groups is 1. The van der Waals surface area contributed by atoms with Gasteiger partial charge < -0.3 is 21.5 Å². The molecule has 0 unspecified atom stereocenters. The third kappa shape index (κ3) is 6.77. The van der Waals surface area contributed by atoms with Gasteiger partial charge in [-0.1, -0.05) is 38.0 Å². The Kier molecular flexibility index (Phi) is 8.07. The van der Waals surface area contributed by atoms with Crippen LogP contribution in [-0.2, 0) is 0 Å². The van der Waals surface area contributed by atoms with Gasteiger partial charge in [-0.3, -0.25) is 4.79 Å². The Morgan fingerprint density at radius 3 is 2.71 bits per heavy atom. The first-order valence-corrected chi connectivity index (χ1v) is 8.25. The number of unbranched alkanes of at least 4 members (excludes halogenated alkanes) is 3. The summed E-state index contributed by atoms with van der Waals surface area (Å²) < 4.78 is 0. The summed E-state index contributed by atoms with van der Waals surface area (Å²) in [6.45, 7) is 5.87. The van der Waals surface area contributed by atoms with Crippen molar-refractivity contribution in [3.63, 3.8) is 0 Å². The van der Waals surface area contributed by atoms with E-state index in [0.717, 1.165) is 32.2 Å². The molecule has 0 fully saturated rings. The van der Waals surface area contributed by atoms with Crippen LogP contribution in [0.2, 0.25) is 0 Å². The van der Waals surface area contributed by atoms with E-state index in [0.29, 0.717) is 22.5 Å². The smallest absolute Gasteiger partial charge is 0.265 e. The van der Waals surface area contributed by atoms with Crippen molar-refractivity contribution in [3.8, 4) is 0 Å². The lowest BCUT2D eigenvalue weighted by Crippen LogP contribution is -2.24. The van der Waals surface area contributed by atoms with Gasteiger partial charge in [0.15, 0.2) is 5.13 Å². The Bertz CT molecular complexity index is 435. The van der Waals surface area contributed by atoms with E-state index in [4.69, 9.17) is 10.8 Å². The second-order valence-electron chi connectivity index (χ2n) is 5.40. The first-order valence-electron chi connectivity index (χ1n) is 7.43. The molecule has 0 radical (unpaired) electrons. The number of carbonyl (C=O) groups excluding carboxylic acids is 1. The molecule has 0 aliphatic rings. The predicted octanol–water partition coefficient (Wildman–Crippen LogP) is 2.08. The third-order valence-corrected chi connectivity index (χ3v) is 3.92. The van der Waals surface area contributed by atoms with E-state index >= 15 is 0 Å². The largest absolute Gasteiger partial charge is 0.396 e. The van der Waals surface area contributed by atoms with E-state index in [1.165, 1.54) is 11.3 Å². The Balaban J connectivity index is 2.36. The topological polar surface area (TPSA) is 100 Å². The lowest BCUT2D eigenvalue weighted by molar-refractivity contribution is 0.0957. The standard InChI is InChI=1S/C14H26N4O2S/c1-10(2)9-17-14-18-12(15)11(21-14)13(20)16-7-5-3-4-6-8-19/h10,19H,3-9,15H2,1-2H3,(H,16,20)(H,17,18). The van der Waals surface area contributed by atoms with E-state index in [9.17, 15) is 4.79 Å². The molecular weight excluding hydrogens is 288 g/mol. The summed E-state index contributed by atoms with van der Waals surface area (Å²) in [5, 5.41) is 15.4. The fraction of sp³-hybridized carbons (Fsp3) is 0.714. The quantitative estimate of drug-likeness (QED) is 0.495. The number of thiazole rings is 1. The Morgan fingerprint density at radius 1 is 1.33 bits per heavy atom. The molecule has 1 amide bonds. The van der Waals surface area contributed by atoms with Gasteiger partial charge in [0.25, 0.3) is 5.91 Å². The molecule has 6 nitrogen and oxygen atoms in total.